The number of sulfone groups is 1. The number of nitrogens with one attached hydrogen (secondary N) is 1. The first-order chi connectivity index (χ1) is 20.6. The molecule has 3 fully saturated rings. The third-order valence-electron chi connectivity index (χ3n) is 8.65. The van der Waals surface area contributed by atoms with E-state index in [0.717, 1.165) is 70.7 Å². The molecule has 1 N–H and O–H groups in total. The lowest BCUT2D eigenvalue weighted by atomic mass is 10.1. The summed E-state index contributed by atoms with van der Waals surface area (Å²) in [5.41, 5.74) is 3.47. The van der Waals surface area contributed by atoms with Crippen LogP contribution in [0.1, 0.15) is 67.8 Å². The van der Waals surface area contributed by atoms with Crippen LogP contribution in [-0.2, 0) is 16.4 Å². The molecule has 0 bridgehead atoms. The van der Waals surface area contributed by atoms with Crippen LogP contribution in [0.15, 0.2) is 30.5 Å². The number of aromatic nitrogens is 4. The minimum Gasteiger partial charge on any atom is -0.367 e. The van der Waals surface area contributed by atoms with Gasteiger partial charge >= 0.3 is 0 Å². The molecule has 2 unspecified atom stereocenters. The summed E-state index contributed by atoms with van der Waals surface area (Å²) >= 11 is 1.58. The second-order valence-electron chi connectivity index (χ2n) is 12.3. The Hall–Kier alpha value is -3.25. The predicted molar refractivity (Wildman–Crippen MR) is 165 cm³/mol. The van der Waals surface area contributed by atoms with Gasteiger partial charge in [0.05, 0.1) is 33.9 Å². The van der Waals surface area contributed by atoms with Gasteiger partial charge in [-0.2, -0.15) is 4.98 Å². The van der Waals surface area contributed by atoms with Crippen molar-refractivity contribution >= 4 is 43.2 Å². The van der Waals surface area contributed by atoms with Crippen LogP contribution in [-0.4, -0.2) is 52.4 Å². The van der Waals surface area contributed by atoms with E-state index in [1.807, 2.05) is 24.1 Å². The van der Waals surface area contributed by atoms with Gasteiger partial charge in [0, 0.05) is 36.0 Å². The van der Waals surface area contributed by atoms with Gasteiger partial charge in [0.1, 0.15) is 37.8 Å². The molecule has 3 aliphatic rings. The van der Waals surface area contributed by atoms with Crippen molar-refractivity contribution in [1.29, 1.82) is 0 Å². The molecule has 0 aliphatic heterocycles. The molecular weight excluding hydrogens is 591 g/mol. The smallest absolute Gasteiger partial charge is 0.228 e. The zero-order valence-electron chi connectivity index (χ0n) is 24.2. The third kappa shape index (κ3) is 6.08. The molecule has 2 atom stereocenters. The van der Waals surface area contributed by atoms with Gasteiger partial charge in [-0.1, -0.05) is 6.07 Å². The van der Waals surface area contributed by atoms with Crippen LogP contribution < -0.4 is 10.2 Å². The van der Waals surface area contributed by atoms with Gasteiger partial charge in [0.25, 0.3) is 0 Å². The molecule has 4 aromatic rings. The van der Waals surface area contributed by atoms with Gasteiger partial charge in [-0.15, -0.1) is 11.3 Å². The van der Waals surface area contributed by atoms with Crippen molar-refractivity contribution in [3.8, 4) is 10.6 Å². The van der Waals surface area contributed by atoms with E-state index in [0.29, 0.717) is 24.1 Å². The summed E-state index contributed by atoms with van der Waals surface area (Å²) in [4.78, 5) is 21.5. The van der Waals surface area contributed by atoms with E-state index in [9.17, 15) is 17.2 Å². The predicted octanol–water partition coefficient (Wildman–Crippen LogP) is 6.41. The molecule has 0 radical (unpaired) electrons. The van der Waals surface area contributed by atoms with E-state index in [-0.39, 0.29) is 35.9 Å². The maximum absolute atomic E-state index is 14.7. The molecule has 8 nitrogen and oxygen atoms in total. The molecule has 3 aromatic heterocycles. The van der Waals surface area contributed by atoms with Crippen molar-refractivity contribution in [3.05, 3.63) is 59.0 Å². The Kier molecular flexibility index (Phi) is 7.32. The van der Waals surface area contributed by atoms with Crippen LogP contribution >= 0.6 is 11.3 Å². The van der Waals surface area contributed by atoms with Gasteiger partial charge in [0.2, 0.25) is 5.95 Å². The van der Waals surface area contributed by atoms with Gasteiger partial charge < -0.3 is 10.2 Å². The van der Waals surface area contributed by atoms with Crippen molar-refractivity contribution in [2.24, 2.45) is 5.92 Å². The molecule has 7 rings (SSSR count). The van der Waals surface area contributed by atoms with Gasteiger partial charge in [-0.25, -0.2) is 27.2 Å². The number of fused-ring (bicyclic) bond motifs is 1. The number of pyridine rings is 1. The average Bonchev–Trinajstić information content (AvgIpc) is 3.87. The lowest BCUT2D eigenvalue weighted by Crippen LogP contribution is -2.29. The summed E-state index contributed by atoms with van der Waals surface area (Å²) < 4.78 is 54.4. The summed E-state index contributed by atoms with van der Waals surface area (Å²) in [6.07, 6.45) is 9.52. The minimum absolute atomic E-state index is 0.0000677. The third-order valence-corrected chi connectivity index (χ3v) is 10.8. The Morgan fingerprint density at radius 2 is 1.79 bits per heavy atom. The highest BCUT2D eigenvalue weighted by Crippen LogP contribution is 2.45. The molecule has 3 heterocycles. The molecule has 3 saturated carbocycles. The number of nitrogens with zero attached hydrogens (tertiary/aromatic N) is 5. The molecule has 43 heavy (non-hydrogen) atoms. The molecule has 0 spiro atoms. The molecular formula is C31H34F2N6O2S2. The Balaban J connectivity index is 1.29. The van der Waals surface area contributed by atoms with E-state index in [1.165, 1.54) is 24.5 Å². The maximum atomic E-state index is 14.7. The number of thiazole rings is 1. The quantitative estimate of drug-likeness (QED) is 0.216. The lowest BCUT2D eigenvalue weighted by molar-refractivity contribution is 0.547. The van der Waals surface area contributed by atoms with Crippen molar-refractivity contribution < 1.29 is 17.2 Å². The van der Waals surface area contributed by atoms with E-state index in [2.05, 4.69) is 10.3 Å². The van der Waals surface area contributed by atoms with Crippen molar-refractivity contribution in [1.82, 2.24) is 19.9 Å². The number of hydrogen-bond acceptors (Lipinski definition) is 9. The first-order valence-corrected chi connectivity index (χ1v) is 17.8. The van der Waals surface area contributed by atoms with E-state index in [1.54, 1.807) is 11.3 Å². The number of aryl methyl sites for hydroxylation is 1. The van der Waals surface area contributed by atoms with Crippen LogP contribution in [0.3, 0.4) is 0 Å². The van der Waals surface area contributed by atoms with Gasteiger partial charge in [0.15, 0.2) is 0 Å². The summed E-state index contributed by atoms with van der Waals surface area (Å²) in [6.45, 7) is 1.95. The Morgan fingerprint density at radius 1 is 1.02 bits per heavy atom. The number of hydrogen-bond donors (Lipinski definition) is 1. The number of anilines is 2. The van der Waals surface area contributed by atoms with E-state index >= 15 is 0 Å². The van der Waals surface area contributed by atoms with Gasteiger partial charge in [-0.05, 0) is 76.0 Å². The summed E-state index contributed by atoms with van der Waals surface area (Å²) in [5, 5.41) is 4.42. The average molecular weight is 625 g/mol. The largest absolute Gasteiger partial charge is 0.367 e. The van der Waals surface area contributed by atoms with E-state index in [4.69, 9.17) is 15.0 Å². The fourth-order valence-corrected chi connectivity index (χ4v) is 8.49. The van der Waals surface area contributed by atoms with Crippen LogP contribution in [0, 0.1) is 24.5 Å². The Morgan fingerprint density at radius 3 is 2.49 bits per heavy atom. The monoisotopic (exact) mass is 624 g/mol. The highest BCUT2D eigenvalue weighted by Gasteiger charge is 2.35. The Bertz CT molecular complexity index is 1790. The normalized spacial score (nSPS) is 20.6. The summed E-state index contributed by atoms with van der Waals surface area (Å²) in [7, 11) is -3.08. The lowest BCUT2D eigenvalue weighted by Gasteiger charge is -2.25. The molecule has 0 amide bonds. The fourth-order valence-electron chi connectivity index (χ4n) is 6.27. The van der Waals surface area contributed by atoms with Crippen molar-refractivity contribution in [2.75, 3.05) is 22.2 Å². The molecule has 226 valence electrons. The second kappa shape index (κ2) is 11.0. The zero-order chi connectivity index (χ0) is 29.9. The fraction of sp³-hybridized carbons (Fsp3) is 0.484. The molecule has 12 heteroatoms. The van der Waals surface area contributed by atoms with Crippen LogP contribution in [0.2, 0.25) is 0 Å². The molecule has 3 aliphatic carbocycles. The first kappa shape index (κ1) is 28.5. The maximum Gasteiger partial charge on any atom is 0.228 e. The zero-order valence-corrected chi connectivity index (χ0v) is 25.8. The number of halogens is 2. The van der Waals surface area contributed by atoms with Crippen molar-refractivity contribution in [2.45, 2.75) is 76.4 Å². The SMILES string of the molecule is Cc1nc(N(Cc2c(F)cccc2F)C2CC2)nc(NC2CCC(CS(C)(=O)=O)C2)c1-c1nc2c(C3CC3)nccc2s1. The number of benzene rings is 1. The summed E-state index contributed by atoms with van der Waals surface area (Å²) in [5.74, 6) is 0.565. The standard InChI is InChI=1S/C31H34F2N6O2S2/c1-17-26(30-37-28-25(42-30)12-13-34-27(28)19-7-8-19)29(36-20-9-6-18(14-20)16-43(2,40)41)38-31(35-17)39(21-10-11-21)15-22-23(32)4-3-5-24(22)33/h3-5,12-13,18-21H,6-11,14-16H2,1-2H3,(H,35,36,38). The summed E-state index contributed by atoms with van der Waals surface area (Å²) in [6, 6.07) is 6.03. The minimum atomic E-state index is -3.08. The van der Waals surface area contributed by atoms with E-state index < -0.39 is 21.5 Å². The second-order valence-corrected chi connectivity index (χ2v) is 15.6. The van der Waals surface area contributed by atoms with Crippen molar-refractivity contribution in [3.63, 3.8) is 0 Å². The first-order valence-electron chi connectivity index (χ1n) is 14.9. The molecule has 0 saturated heterocycles. The van der Waals surface area contributed by atoms with Gasteiger partial charge in [-0.3, -0.25) is 4.98 Å². The molecule has 1 aromatic carbocycles. The van der Waals surface area contributed by atoms with Crippen LogP contribution in [0.25, 0.3) is 20.8 Å². The highest BCUT2D eigenvalue weighted by molar-refractivity contribution is 7.90. The number of rotatable bonds is 10. The van der Waals surface area contributed by atoms with Crippen LogP contribution in [0.4, 0.5) is 20.5 Å². The van der Waals surface area contributed by atoms with Crippen LogP contribution in [0.5, 0.6) is 0 Å². The Labute approximate surface area is 253 Å². The topological polar surface area (TPSA) is 101 Å². The highest BCUT2D eigenvalue weighted by atomic mass is 32.2.